The summed E-state index contributed by atoms with van der Waals surface area (Å²) in [7, 11) is 0. The first-order valence-electron chi connectivity index (χ1n) is 50.3. The van der Waals surface area contributed by atoms with Gasteiger partial charge in [0.2, 0.25) is 0 Å². The number of nitrogens with zero attached hydrogens (tertiary/aromatic N) is 5. The fourth-order valence-corrected chi connectivity index (χ4v) is 22.6. The number of pyridine rings is 3. The topological polar surface area (TPSA) is 56.5 Å². The summed E-state index contributed by atoms with van der Waals surface area (Å²) in [5, 5.41) is 29.7. The van der Waals surface area contributed by atoms with Gasteiger partial charge in [-0.15, -0.1) is 0 Å². The van der Waals surface area contributed by atoms with E-state index in [0.29, 0.717) is 0 Å². The van der Waals surface area contributed by atoms with Crippen molar-refractivity contribution in [3.63, 3.8) is 0 Å². The summed E-state index contributed by atoms with van der Waals surface area (Å²) in [5.74, 6) is 0.930. The standard InChI is InChI=1S/C49H31N.C47H30N2.C46H30N2/c1-4-12-35-27-39(20-17-32(35)9-1)47-26-24-42(31-50-47)38-23-25-45-46(30-38)49(41-22-19-34-11-3-6-14-37(34)29-41)44-16-8-7-15-43(44)48(45)40-21-18-33-10-2-5-13-36(33)28-40;1-2-16-38(17-3-1)49-44-21-11-10-20-43(44)48-47(49)37-26-27-41-42(30-37)46(36-25-23-32-13-5-7-15-34(32)29-36)40-19-9-8-18-39(40)45(41)35-24-22-31-12-4-6-14-33(31)28-35;1-2-12-37-31(10-1)11-9-15-38(37)36-26-27-41-42(30-36)46(35-24-20-33(21-25-35)44-17-6-8-29-48-44)40-14-4-3-13-39(40)45(41)34-22-18-32(19-23-34)43-16-5-7-28-47-43/h1-31H;1-30H;1-30H. The van der Waals surface area contributed by atoms with Crippen LogP contribution in [0, 0.1) is 0 Å². The van der Waals surface area contributed by atoms with Gasteiger partial charge in [-0.05, 0) is 316 Å². The van der Waals surface area contributed by atoms with Crippen molar-refractivity contribution in [2.24, 2.45) is 0 Å². The lowest BCUT2D eigenvalue weighted by molar-refractivity contribution is 1.10. The van der Waals surface area contributed by atoms with Crippen molar-refractivity contribution in [3.05, 3.63) is 552 Å². The van der Waals surface area contributed by atoms with Crippen molar-refractivity contribution in [2.75, 3.05) is 0 Å². The van der Waals surface area contributed by atoms with Crippen molar-refractivity contribution >= 4 is 140 Å². The van der Waals surface area contributed by atoms with Gasteiger partial charge in [-0.2, -0.15) is 0 Å². The second-order valence-electron chi connectivity index (χ2n) is 38.1. The Labute approximate surface area is 850 Å². The van der Waals surface area contributed by atoms with Crippen LogP contribution in [-0.4, -0.2) is 24.5 Å². The molecule has 0 aliphatic heterocycles. The maximum atomic E-state index is 5.25. The number of hydrogen-bond acceptors (Lipinski definition) is 4. The Morgan fingerprint density at radius 3 is 0.884 bits per heavy atom. The highest BCUT2D eigenvalue weighted by Gasteiger charge is 2.26. The predicted octanol–water partition coefficient (Wildman–Crippen LogP) is 38.4. The van der Waals surface area contributed by atoms with Crippen molar-refractivity contribution < 1.29 is 0 Å². The van der Waals surface area contributed by atoms with Gasteiger partial charge in [-0.3, -0.25) is 19.5 Å². The monoisotopic (exact) mass is 1870 g/mol. The van der Waals surface area contributed by atoms with Crippen LogP contribution >= 0.6 is 0 Å². The summed E-state index contributed by atoms with van der Waals surface area (Å²) < 4.78 is 2.29. The third-order valence-corrected chi connectivity index (χ3v) is 29.6. The third-order valence-electron chi connectivity index (χ3n) is 29.6. The minimum atomic E-state index is 0.930. The van der Waals surface area contributed by atoms with E-state index in [1.54, 1.807) is 0 Å². The van der Waals surface area contributed by atoms with Gasteiger partial charge in [0.15, 0.2) is 0 Å². The molecule has 0 fully saturated rings. The SMILES string of the molecule is c1ccc(-c2ccc(-c3c4ccccc4c(-c4ccc(-c5ccccn5)cc4)c4cc(-c5cccc6ccccc56)ccc34)cc2)nc1.c1ccc(-n2c(-c3ccc4c(-c5ccc6ccccc6c5)c5ccccc5c(-c5ccc6ccccc6c5)c4c3)nc3ccccc32)cc1.c1ccc2cc(-c3ccc(-c4ccc5c(-c6ccc7ccccc7c6)c6ccccc6c(-c6ccc7ccccc7c6)c5c4)cn3)ccc2c1. The lowest BCUT2D eigenvalue weighted by Crippen LogP contribution is -1.98. The van der Waals surface area contributed by atoms with Gasteiger partial charge in [0.1, 0.15) is 5.82 Å². The molecule has 5 nitrogen and oxygen atoms in total. The first kappa shape index (κ1) is 86.6. The van der Waals surface area contributed by atoms with Gasteiger partial charge in [0, 0.05) is 52.1 Å². The highest BCUT2D eigenvalue weighted by Crippen LogP contribution is 2.52. The van der Waals surface area contributed by atoms with Crippen LogP contribution in [0.15, 0.2) is 552 Å². The molecule has 4 aromatic heterocycles. The van der Waals surface area contributed by atoms with Crippen LogP contribution in [-0.2, 0) is 0 Å². The minimum Gasteiger partial charge on any atom is -0.292 e. The first-order chi connectivity index (χ1) is 72.9. The van der Waals surface area contributed by atoms with Gasteiger partial charge in [-0.25, -0.2) is 4.98 Å². The van der Waals surface area contributed by atoms with Crippen LogP contribution in [0.1, 0.15) is 0 Å². The average molecular weight is 1870 g/mol. The van der Waals surface area contributed by atoms with E-state index in [4.69, 9.17) is 9.97 Å². The normalized spacial score (nSPS) is 11.5. The molecule has 5 heteroatoms. The zero-order valence-electron chi connectivity index (χ0n) is 80.3. The van der Waals surface area contributed by atoms with E-state index in [1.807, 2.05) is 42.9 Å². The molecule has 0 radical (unpaired) electrons. The van der Waals surface area contributed by atoms with Crippen molar-refractivity contribution in [3.8, 4) is 140 Å². The Morgan fingerprint density at radius 2 is 0.449 bits per heavy atom. The lowest BCUT2D eigenvalue weighted by Gasteiger charge is -2.19. The van der Waals surface area contributed by atoms with Crippen molar-refractivity contribution in [1.29, 1.82) is 0 Å². The Kier molecular flexibility index (Phi) is 21.9. The number of rotatable bonds is 13. The fraction of sp³-hybridized carbons (Fsp3) is 0. The number of para-hydroxylation sites is 3. The molecule has 684 valence electrons. The molecule has 0 saturated carbocycles. The largest absolute Gasteiger partial charge is 0.292 e. The van der Waals surface area contributed by atoms with E-state index < -0.39 is 0 Å². The predicted molar refractivity (Wildman–Crippen MR) is 623 cm³/mol. The first-order valence-corrected chi connectivity index (χ1v) is 50.3. The maximum absolute atomic E-state index is 5.25. The molecule has 147 heavy (non-hydrogen) atoms. The molecule has 0 amide bonds. The number of aromatic nitrogens is 5. The molecule has 0 N–H and O–H groups in total. The Hall–Kier alpha value is -19.5. The summed E-state index contributed by atoms with van der Waals surface area (Å²) >= 11 is 0. The van der Waals surface area contributed by atoms with Crippen LogP contribution in [0.4, 0.5) is 0 Å². The van der Waals surface area contributed by atoms with E-state index in [9.17, 15) is 0 Å². The summed E-state index contributed by atoms with van der Waals surface area (Å²) in [4.78, 5) is 19.4. The average Bonchev–Trinajstić information content (AvgIpc) is 1.08. The molecule has 29 rings (SSSR count). The zero-order valence-corrected chi connectivity index (χ0v) is 80.3. The van der Waals surface area contributed by atoms with Crippen LogP contribution in [0.25, 0.3) is 280 Å². The fourth-order valence-electron chi connectivity index (χ4n) is 22.6. The Balaban J connectivity index is 0.000000109. The molecular weight excluding hydrogens is 1780 g/mol. The third kappa shape index (κ3) is 16.0. The molecule has 0 spiro atoms. The molecule has 0 aliphatic carbocycles. The van der Waals surface area contributed by atoms with E-state index in [-0.39, 0.29) is 0 Å². The smallest absolute Gasteiger partial charge is 0.145 e. The molecule has 0 atom stereocenters. The highest BCUT2D eigenvalue weighted by molar-refractivity contribution is 6.26. The van der Waals surface area contributed by atoms with Crippen molar-refractivity contribution in [1.82, 2.24) is 24.5 Å². The second kappa shape index (κ2) is 37.2. The maximum Gasteiger partial charge on any atom is 0.145 e. The van der Waals surface area contributed by atoms with Gasteiger partial charge < -0.3 is 0 Å². The molecule has 29 aromatic rings. The van der Waals surface area contributed by atoms with E-state index in [2.05, 4.69) is 524 Å². The number of hydrogen-bond donors (Lipinski definition) is 0. The minimum absolute atomic E-state index is 0.930. The van der Waals surface area contributed by atoms with Crippen LogP contribution in [0.2, 0.25) is 0 Å². The van der Waals surface area contributed by atoms with E-state index in [0.717, 1.165) is 73.0 Å². The highest BCUT2D eigenvalue weighted by atomic mass is 15.1. The van der Waals surface area contributed by atoms with Crippen LogP contribution < -0.4 is 0 Å². The molecular formula is C142H91N5. The van der Waals surface area contributed by atoms with E-state index in [1.165, 1.54) is 207 Å². The van der Waals surface area contributed by atoms with Crippen molar-refractivity contribution in [2.45, 2.75) is 0 Å². The van der Waals surface area contributed by atoms with Gasteiger partial charge in [-0.1, -0.05) is 431 Å². The summed E-state index contributed by atoms with van der Waals surface area (Å²) in [6.07, 6.45) is 5.72. The number of fused-ring (bicyclic) bond motifs is 13. The van der Waals surface area contributed by atoms with E-state index >= 15 is 0 Å². The van der Waals surface area contributed by atoms with Gasteiger partial charge in [0.05, 0.1) is 28.1 Å². The molecule has 0 aliphatic rings. The molecule has 4 heterocycles. The number of imidazole rings is 1. The molecule has 0 unspecified atom stereocenters. The zero-order chi connectivity index (χ0) is 97.2. The quantitative estimate of drug-likeness (QED) is 0.108. The van der Waals surface area contributed by atoms with Gasteiger partial charge in [0.25, 0.3) is 0 Å². The van der Waals surface area contributed by atoms with Crippen LogP contribution in [0.5, 0.6) is 0 Å². The molecule has 25 aromatic carbocycles. The molecule has 0 saturated heterocycles. The lowest BCUT2D eigenvalue weighted by atomic mass is 9.84. The second-order valence-corrected chi connectivity index (χ2v) is 38.1. The summed E-state index contributed by atoms with van der Waals surface area (Å²) in [6.45, 7) is 0. The van der Waals surface area contributed by atoms with Gasteiger partial charge >= 0.3 is 0 Å². The Morgan fingerprint density at radius 1 is 0.150 bits per heavy atom. The van der Waals surface area contributed by atoms with Crippen LogP contribution in [0.3, 0.4) is 0 Å². The summed E-state index contributed by atoms with van der Waals surface area (Å²) in [5.41, 5.74) is 29.9. The molecule has 0 bridgehead atoms. The summed E-state index contributed by atoms with van der Waals surface area (Å²) in [6, 6.07) is 193. The number of benzene rings is 25. The Bertz CT molecular complexity index is 10200.